The highest BCUT2D eigenvalue weighted by atomic mass is 16.5. The van der Waals surface area contributed by atoms with Crippen LogP contribution in [0.2, 0.25) is 0 Å². The zero-order chi connectivity index (χ0) is 22.3. The summed E-state index contributed by atoms with van der Waals surface area (Å²) < 4.78 is 6.42. The van der Waals surface area contributed by atoms with E-state index in [2.05, 4.69) is 29.3 Å². The summed E-state index contributed by atoms with van der Waals surface area (Å²) in [5.74, 6) is 1.15. The fourth-order valence-electron chi connectivity index (χ4n) is 5.73. The largest absolute Gasteiger partial charge is 0.370 e. The van der Waals surface area contributed by atoms with Gasteiger partial charge < -0.3 is 15.0 Å². The van der Waals surface area contributed by atoms with Gasteiger partial charge in [0.2, 0.25) is 11.8 Å². The third kappa shape index (κ3) is 5.92. The lowest BCUT2D eigenvalue weighted by Gasteiger charge is -2.35. The fourth-order valence-corrected chi connectivity index (χ4v) is 5.73. The van der Waals surface area contributed by atoms with Crippen molar-refractivity contribution in [3.63, 3.8) is 0 Å². The van der Waals surface area contributed by atoms with Gasteiger partial charge in [0.1, 0.15) is 0 Å². The van der Waals surface area contributed by atoms with E-state index in [1.807, 2.05) is 12.1 Å². The molecule has 3 unspecified atom stereocenters. The predicted octanol–water partition coefficient (Wildman–Crippen LogP) is 5.85. The number of amides is 2. The molecule has 1 aliphatic carbocycles. The average Bonchev–Trinajstić information content (AvgIpc) is 3.48. The van der Waals surface area contributed by atoms with Crippen LogP contribution in [-0.4, -0.2) is 35.9 Å². The van der Waals surface area contributed by atoms with Crippen molar-refractivity contribution in [3.05, 3.63) is 29.8 Å². The Labute approximate surface area is 193 Å². The summed E-state index contributed by atoms with van der Waals surface area (Å²) >= 11 is 0. The predicted molar refractivity (Wildman–Crippen MR) is 127 cm³/mol. The van der Waals surface area contributed by atoms with Crippen LogP contribution in [0.5, 0.6) is 0 Å². The van der Waals surface area contributed by atoms with Gasteiger partial charge in [-0.3, -0.25) is 9.59 Å². The zero-order valence-corrected chi connectivity index (χ0v) is 19.7. The van der Waals surface area contributed by atoms with E-state index in [0.29, 0.717) is 18.2 Å². The molecule has 0 bridgehead atoms. The molecule has 0 radical (unpaired) electrons. The number of carbonyl (C=O) groups is 2. The molecule has 3 fully saturated rings. The number of hydrogen-bond acceptors (Lipinski definition) is 3. The van der Waals surface area contributed by atoms with Gasteiger partial charge in [-0.25, -0.2) is 0 Å². The van der Waals surface area contributed by atoms with Crippen molar-refractivity contribution < 1.29 is 14.3 Å². The number of nitrogens with zero attached hydrogens (tertiary/aromatic N) is 1. The Hall–Kier alpha value is -1.88. The molecule has 1 saturated carbocycles. The molecule has 2 amide bonds. The second-order valence-electron chi connectivity index (χ2n) is 10.1. The summed E-state index contributed by atoms with van der Waals surface area (Å²) in [5.41, 5.74) is 1.99. The molecule has 5 heteroatoms. The molecule has 1 aromatic rings. The van der Waals surface area contributed by atoms with Crippen molar-refractivity contribution >= 4 is 17.5 Å². The molecular formula is C27H40N2O3. The van der Waals surface area contributed by atoms with Gasteiger partial charge in [-0.1, -0.05) is 57.6 Å². The molecule has 0 spiro atoms. The van der Waals surface area contributed by atoms with Gasteiger partial charge in [-0.15, -0.1) is 0 Å². The number of rotatable bonds is 9. The number of carbonyl (C=O) groups excluding carboxylic acids is 2. The van der Waals surface area contributed by atoms with Crippen LogP contribution < -0.4 is 5.32 Å². The summed E-state index contributed by atoms with van der Waals surface area (Å²) in [6, 6.07) is 8.14. The Morgan fingerprint density at radius 3 is 2.72 bits per heavy atom. The van der Waals surface area contributed by atoms with Crippen LogP contribution in [0.1, 0.15) is 95.6 Å². The van der Waals surface area contributed by atoms with Crippen LogP contribution in [0.4, 0.5) is 5.69 Å². The maximum Gasteiger partial charge on any atom is 0.225 e. The lowest BCUT2D eigenvalue weighted by molar-refractivity contribution is -0.138. The highest BCUT2D eigenvalue weighted by molar-refractivity contribution is 5.90. The molecule has 5 nitrogen and oxygen atoms in total. The summed E-state index contributed by atoms with van der Waals surface area (Å²) in [6.07, 6.45) is 13.1. The first-order valence-electron chi connectivity index (χ1n) is 13.0. The van der Waals surface area contributed by atoms with Crippen molar-refractivity contribution in [2.75, 3.05) is 18.4 Å². The SMILES string of the molecule is CCCCCCCC(=O)Nc1cccc(C2CC3CN(C(=O)C4CCCC4)CCC3O2)c1. The van der Waals surface area contributed by atoms with Crippen LogP contribution in [0.15, 0.2) is 24.3 Å². The number of ether oxygens (including phenoxy) is 1. The second-order valence-corrected chi connectivity index (χ2v) is 10.1. The minimum atomic E-state index is 0.0532. The van der Waals surface area contributed by atoms with E-state index in [1.165, 1.54) is 32.1 Å². The maximum absolute atomic E-state index is 12.9. The molecular weight excluding hydrogens is 400 g/mol. The van der Waals surface area contributed by atoms with Gasteiger partial charge >= 0.3 is 0 Å². The highest BCUT2D eigenvalue weighted by Gasteiger charge is 2.41. The van der Waals surface area contributed by atoms with Gasteiger partial charge in [-0.2, -0.15) is 0 Å². The van der Waals surface area contributed by atoms with E-state index >= 15 is 0 Å². The number of fused-ring (bicyclic) bond motifs is 1. The van der Waals surface area contributed by atoms with E-state index in [4.69, 9.17) is 4.74 Å². The number of hydrogen-bond donors (Lipinski definition) is 1. The van der Waals surface area contributed by atoms with Crippen molar-refractivity contribution in [3.8, 4) is 0 Å². The highest BCUT2D eigenvalue weighted by Crippen LogP contribution is 2.42. The van der Waals surface area contributed by atoms with Crippen LogP contribution in [-0.2, 0) is 14.3 Å². The Morgan fingerprint density at radius 1 is 1.09 bits per heavy atom. The maximum atomic E-state index is 12.9. The van der Waals surface area contributed by atoms with Crippen LogP contribution in [0.3, 0.4) is 0 Å². The number of nitrogens with one attached hydrogen (secondary N) is 1. The third-order valence-electron chi connectivity index (χ3n) is 7.59. The Kier molecular flexibility index (Phi) is 8.23. The average molecular weight is 441 g/mol. The first kappa shape index (κ1) is 23.3. The number of benzene rings is 1. The van der Waals surface area contributed by atoms with Crippen molar-refractivity contribution in [2.45, 2.75) is 96.2 Å². The minimum Gasteiger partial charge on any atom is -0.370 e. The normalized spacial score (nSPS) is 25.7. The van der Waals surface area contributed by atoms with Gasteiger partial charge in [0.25, 0.3) is 0 Å². The van der Waals surface area contributed by atoms with Crippen LogP contribution in [0.25, 0.3) is 0 Å². The number of anilines is 1. The second kappa shape index (κ2) is 11.3. The minimum absolute atomic E-state index is 0.0532. The van der Waals surface area contributed by atoms with Crippen molar-refractivity contribution in [2.24, 2.45) is 11.8 Å². The van der Waals surface area contributed by atoms with E-state index in [0.717, 1.165) is 62.9 Å². The van der Waals surface area contributed by atoms with Crippen molar-refractivity contribution in [1.29, 1.82) is 0 Å². The van der Waals surface area contributed by atoms with Crippen molar-refractivity contribution in [1.82, 2.24) is 4.90 Å². The number of likely N-dealkylation sites (tertiary alicyclic amines) is 1. The van der Waals surface area contributed by atoms with Gasteiger partial charge in [0.05, 0.1) is 12.2 Å². The molecule has 176 valence electrons. The lowest BCUT2D eigenvalue weighted by atomic mass is 9.90. The van der Waals surface area contributed by atoms with Crippen LogP contribution >= 0.6 is 0 Å². The molecule has 2 saturated heterocycles. The summed E-state index contributed by atoms with van der Waals surface area (Å²) in [4.78, 5) is 27.3. The molecule has 1 N–H and O–H groups in total. The smallest absolute Gasteiger partial charge is 0.225 e. The summed E-state index contributed by atoms with van der Waals surface area (Å²) in [6.45, 7) is 3.87. The Balaban J connectivity index is 1.28. The molecule has 32 heavy (non-hydrogen) atoms. The van der Waals surface area contributed by atoms with Crippen LogP contribution in [0, 0.1) is 11.8 Å². The monoisotopic (exact) mass is 440 g/mol. The van der Waals surface area contributed by atoms with E-state index < -0.39 is 0 Å². The quantitative estimate of drug-likeness (QED) is 0.490. The lowest BCUT2D eigenvalue weighted by Crippen LogP contribution is -2.46. The molecule has 2 heterocycles. The summed E-state index contributed by atoms with van der Waals surface area (Å²) in [7, 11) is 0. The molecule has 2 aliphatic heterocycles. The number of unbranched alkanes of at least 4 members (excludes halogenated alkanes) is 4. The van der Waals surface area contributed by atoms with Gasteiger partial charge in [-0.05, 0) is 49.8 Å². The van der Waals surface area contributed by atoms with Gasteiger partial charge in [0.15, 0.2) is 0 Å². The third-order valence-corrected chi connectivity index (χ3v) is 7.59. The van der Waals surface area contributed by atoms with Gasteiger partial charge in [0, 0.05) is 37.0 Å². The standard InChI is InChI=1S/C27H40N2O3/c1-2-3-4-5-6-14-26(30)28-23-13-9-12-21(17-23)25-18-22-19-29(16-15-24(22)32-25)27(31)20-10-7-8-11-20/h9,12-13,17,20,22,24-25H,2-8,10-11,14-16,18-19H2,1H3,(H,28,30). The zero-order valence-electron chi connectivity index (χ0n) is 19.7. The van der Waals surface area contributed by atoms with E-state index in [1.54, 1.807) is 0 Å². The first-order chi connectivity index (χ1) is 15.6. The Bertz CT molecular complexity index is 774. The molecule has 3 atom stereocenters. The molecule has 4 rings (SSSR count). The van der Waals surface area contributed by atoms with E-state index in [-0.39, 0.29) is 24.0 Å². The summed E-state index contributed by atoms with van der Waals surface area (Å²) in [5, 5.41) is 3.07. The molecule has 0 aromatic heterocycles. The number of piperidine rings is 1. The van der Waals surface area contributed by atoms with E-state index in [9.17, 15) is 9.59 Å². The topological polar surface area (TPSA) is 58.6 Å². The Morgan fingerprint density at radius 2 is 1.91 bits per heavy atom. The fraction of sp³-hybridized carbons (Fsp3) is 0.704. The molecule has 1 aromatic carbocycles. The first-order valence-corrected chi connectivity index (χ1v) is 13.0. The molecule has 3 aliphatic rings.